The van der Waals surface area contributed by atoms with Gasteiger partial charge in [-0.05, 0) is 67.2 Å². The molecule has 0 amide bonds. The fraction of sp³-hybridized carbons (Fsp3) is 0.692. The number of rotatable bonds is 5. The number of hydrogen-bond acceptors (Lipinski definition) is 3. The number of hydrogen-bond donors (Lipinski definition) is 1. The summed E-state index contributed by atoms with van der Waals surface area (Å²) < 4.78 is 6.93. The van der Waals surface area contributed by atoms with Gasteiger partial charge in [0.25, 0.3) is 0 Å². The van der Waals surface area contributed by atoms with Gasteiger partial charge in [-0.25, -0.2) is 0 Å². The van der Waals surface area contributed by atoms with E-state index in [1.807, 2.05) is 18.4 Å². The van der Waals surface area contributed by atoms with Crippen molar-refractivity contribution >= 4 is 27.3 Å². The summed E-state index contributed by atoms with van der Waals surface area (Å²) in [5, 5.41) is 3.42. The quantitative estimate of drug-likeness (QED) is 0.885. The summed E-state index contributed by atoms with van der Waals surface area (Å²) in [4.78, 5) is 1.43. The van der Waals surface area contributed by atoms with E-state index in [1.54, 1.807) is 0 Å². The molecule has 1 saturated heterocycles. The van der Waals surface area contributed by atoms with Crippen molar-refractivity contribution in [2.75, 3.05) is 13.7 Å². The number of aryl methyl sites for hydroxylation is 1. The number of ether oxygens (including phenoxy) is 1. The van der Waals surface area contributed by atoms with Crippen LogP contribution in [0.1, 0.15) is 42.2 Å². The van der Waals surface area contributed by atoms with Gasteiger partial charge >= 0.3 is 0 Å². The zero-order valence-electron chi connectivity index (χ0n) is 10.5. The Labute approximate surface area is 116 Å². The summed E-state index contributed by atoms with van der Waals surface area (Å²) in [6, 6.07) is 2.75. The molecule has 0 bridgehead atoms. The molecule has 1 aliphatic heterocycles. The normalized spacial score (nSPS) is 21.9. The minimum atomic E-state index is 0.467. The molecule has 0 radical (unpaired) electrons. The Hall–Kier alpha value is 0.1000. The summed E-state index contributed by atoms with van der Waals surface area (Å²) in [6.45, 7) is 3.11. The van der Waals surface area contributed by atoms with Crippen molar-refractivity contribution < 1.29 is 4.74 Å². The van der Waals surface area contributed by atoms with E-state index < -0.39 is 0 Å². The Kier molecular flexibility index (Phi) is 5.03. The molecule has 1 aromatic heterocycles. The summed E-state index contributed by atoms with van der Waals surface area (Å²) >= 11 is 5.44. The first-order valence-corrected chi connectivity index (χ1v) is 7.86. The predicted octanol–water partition coefficient (Wildman–Crippen LogP) is 4.04. The molecule has 0 aliphatic carbocycles. The van der Waals surface area contributed by atoms with Crippen LogP contribution in [0.4, 0.5) is 0 Å². The Morgan fingerprint density at radius 1 is 1.65 bits per heavy atom. The number of thiophene rings is 1. The molecule has 96 valence electrons. The molecule has 1 N–H and O–H groups in total. The highest BCUT2D eigenvalue weighted by molar-refractivity contribution is 9.11. The lowest BCUT2D eigenvalue weighted by molar-refractivity contribution is 0.0999. The van der Waals surface area contributed by atoms with Gasteiger partial charge < -0.3 is 10.1 Å². The van der Waals surface area contributed by atoms with Crippen molar-refractivity contribution in [3.05, 3.63) is 20.3 Å². The first-order valence-electron chi connectivity index (χ1n) is 6.25. The molecule has 2 atom stereocenters. The third-order valence-electron chi connectivity index (χ3n) is 3.37. The first kappa shape index (κ1) is 13.5. The van der Waals surface area contributed by atoms with Crippen LogP contribution in [0.15, 0.2) is 9.85 Å². The molecular weight excluding hydrogens is 298 g/mol. The fourth-order valence-corrected chi connectivity index (χ4v) is 4.02. The highest BCUT2D eigenvalue weighted by Crippen LogP contribution is 2.33. The van der Waals surface area contributed by atoms with Gasteiger partial charge in [0, 0.05) is 17.5 Å². The van der Waals surface area contributed by atoms with E-state index >= 15 is 0 Å². The van der Waals surface area contributed by atoms with Crippen LogP contribution in [0, 0.1) is 6.92 Å². The van der Waals surface area contributed by atoms with Gasteiger partial charge in [0.05, 0.1) is 9.89 Å². The lowest BCUT2D eigenvalue weighted by Crippen LogP contribution is -2.17. The molecule has 17 heavy (non-hydrogen) atoms. The Balaban J connectivity index is 1.91. The number of halogens is 1. The molecule has 2 heterocycles. The molecule has 4 heteroatoms. The summed E-state index contributed by atoms with van der Waals surface area (Å²) in [7, 11) is 2.04. The van der Waals surface area contributed by atoms with Crippen molar-refractivity contribution in [3.8, 4) is 0 Å². The van der Waals surface area contributed by atoms with E-state index in [2.05, 4.69) is 34.2 Å². The summed E-state index contributed by atoms with van der Waals surface area (Å²) in [5.74, 6) is 0. The third kappa shape index (κ3) is 3.53. The third-order valence-corrected chi connectivity index (χ3v) is 5.62. The number of nitrogens with one attached hydrogen (secondary N) is 1. The van der Waals surface area contributed by atoms with Crippen molar-refractivity contribution in [2.24, 2.45) is 0 Å². The molecule has 0 saturated carbocycles. The maximum Gasteiger partial charge on any atom is 0.0731 e. The van der Waals surface area contributed by atoms with Crippen LogP contribution in [0.25, 0.3) is 0 Å². The molecule has 1 aliphatic rings. The smallest absolute Gasteiger partial charge is 0.0731 e. The lowest BCUT2D eigenvalue weighted by Gasteiger charge is -2.16. The maximum atomic E-state index is 5.68. The van der Waals surface area contributed by atoms with Crippen molar-refractivity contribution in [1.29, 1.82) is 0 Å². The average Bonchev–Trinajstić information content (AvgIpc) is 2.91. The van der Waals surface area contributed by atoms with Gasteiger partial charge in [-0.3, -0.25) is 0 Å². The molecular formula is C13H20BrNOS. The van der Waals surface area contributed by atoms with Gasteiger partial charge in [0.15, 0.2) is 0 Å². The molecule has 0 aromatic carbocycles. The molecule has 1 fully saturated rings. The van der Waals surface area contributed by atoms with Gasteiger partial charge in [0.1, 0.15) is 0 Å². The van der Waals surface area contributed by atoms with E-state index in [0.717, 1.165) is 13.0 Å². The minimum Gasteiger partial charge on any atom is -0.378 e. The summed E-state index contributed by atoms with van der Waals surface area (Å²) in [5.41, 5.74) is 1.34. The Bertz CT molecular complexity index is 341. The second-order valence-electron chi connectivity index (χ2n) is 4.66. The molecule has 1 aromatic rings. The van der Waals surface area contributed by atoms with Gasteiger partial charge in [-0.2, -0.15) is 0 Å². The average molecular weight is 318 g/mol. The monoisotopic (exact) mass is 317 g/mol. The Morgan fingerprint density at radius 2 is 2.47 bits per heavy atom. The van der Waals surface area contributed by atoms with Crippen LogP contribution in [0.2, 0.25) is 0 Å². The minimum absolute atomic E-state index is 0.467. The SMILES string of the molecule is CNC(CCC1CCCO1)c1cc(C)c(Br)s1. The Morgan fingerprint density at radius 3 is 3.00 bits per heavy atom. The summed E-state index contributed by atoms with van der Waals surface area (Å²) in [6.07, 6.45) is 5.30. The first-order chi connectivity index (χ1) is 8.20. The zero-order valence-corrected chi connectivity index (χ0v) is 12.9. The van der Waals surface area contributed by atoms with Gasteiger partial charge in [-0.15, -0.1) is 11.3 Å². The van der Waals surface area contributed by atoms with Crippen molar-refractivity contribution in [1.82, 2.24) is 5.32 Å². The second kappa shape index (κ2) is 6.32. The fourth-order valence-electron chi connectivity index (χ4n) is 2.31. The molecule has 2 nitrogen and oxygen atoms in total. The topological polar surface area (TPSA) is 21.3 Å². The van der Waals surface area contributed by atoms with Crippen LogP contribution >= 0.6 is 27.3 Å². The highest BCUT2D eigenvalue weighted by atomic mass is 79.9. The van der Waals surface area contributed by atoms with Crippen LogP contribution in [0.3, 0.4) is 0 Å². The van der Waals surface area contributed by atoms with Crippen LogP contribution in [-0.4, -0.2) is 19.8 Å². The zero-order chi connectivity index (χ0) is 12.3. The van der Waals surface area contributed by atoms with Crippen molar-refractivity contribution in [3.63, 3.8) is 0 Å². The van der Waals surface area contributed by atoms with Gasteiger partial charge in [-0.1, -0.05) is 0 Å². The second-order valence-corrected chi connectivity index (χ2v) is 7.06. The van der Waals surface area contributed by atoms with Gasteiger partial charge in [0.2, 0.25) is 0 Å². The predicted molar refractivity (Wildman–Crippen MR) is 76.8 cm³/mol. The van der Waals surface area contributed by atoms with Crippen LogP contribution in [0.5, 0.6) is 0 Å². The molecule has 0 spiro atoms. The molecule has 2 rings (SSSR count). The van der Waals surface area contributed by atoms with Crippen LogP contribution < -0.4 is 5.32 Å². The van der Waals surface area contributed by atoms with E-state index in [4.69, 9.17) is 4.74 Å². The van der Waals surface area contributed by atoms with E-state index in [1.165, 1.54) is 33.5 Å². The van der Waals surface area contributed by atoms with E-state index in [0.29, 0.717) is 12.1 Å². The largest absolute Gasteiger partial charge is 0.378 e. The van der Waals surface area contributed by atoms with Crippen LogP contribution in [-0.2, 0) is 4.74 Å². The van der Waals surface area contributed by atoms with Crippen molar-refractivity contribution in [2.45, 2.75) is 44.8 Å². The van der Waals surface area contributed by atoms with E-state index in [9.17, 15) is 0 Å². The van der Waals surface area contributed by atoms with E-state index in [-0.39, 0.29) is 0 Å². The standard InChI is InChI=1S/C13H20BrNOS/c1-9-8-12(17-13(9)14)11(15-2)6-5-10-4-3-7-16-10/h8,10-11,15H,3-7H2,1-2H3. The maximum absolute atomic E-state index is 5.68. The highest BCUT2D eigenvalue weighted by Gasteiger charge is 2.19. The molecule has 2 unspecified atom stereocenters. The lowest BCUT2D eigenvalue weighted by atomic mass is 10.0.